The van der Waals surface area contributed by atoms with Crippen molar-refractivity contribution in [3.05, 3.63) is 94.6 Å². The highest BCUT2D eigenvalue weighted by Gasteiger charge is 2.54. The summed E-state index contributed by atoms with van der Waals surface area (Å²) in [6.45, 7) is 4.24. The summed E-state index contributed by atoms with van der Waals surface area (Å²) in [6, 6.07) is 17.4. The summed E-state index contributed by atoms with van der Waals surface area (Å²) in [4.78, 5) is 26.5. The second-order valence-electron chi connectivity index (χ2n) is 12.7. The quantitative estimate of drug-likeness (QED) is 0.269. The first kappa shape index (κ1) is 26.7. The number of hydrogen-bond donors (Lipinski definition) is 1. The van der Waals surface area contributed by atoms with Crippen LogP contribution in [0.15, 0.2) is 60.8 Å². The highest BCUT2D eigenvalue weighted by molar-refractivity contribution is 6.06. The van der Waals surface area contributed by atoms with Crippen LogP contribution < -0.4 is 5.32 Å². The van der Waals surface area contributed by atoms with Gasteiger partial charge in [0.15, 0.2) is 0 Å². The van der Waals surface area contributed by atoms with Gasteiger partial charge in [-0.2, -0.15) is 10.2 Å². The minimum Gasteiger partial charge on any atom is -0.465 e. The van der Waals surface area contributed by atoms with Crippen LogP contribution in [0.2, 0.25) is 0 Å². The maximum Gasteiger partial charge on any atom is 0.338 e. The van der Waals surface area contributed by atoms with Gasteiger partial charge in [0.2, 0.25) is 0 Å². The molecule has 0 atom stereocenters. The van der Waals surface area contributed by atoms with E-state index in [1.807, 2.05) is 77.9 Å². The van der Waals surface area contributed by atoms with Crippen molar-refractivity contribution in [3.8, 4) is 5.69 Å². The van der Waals surface area contributed by atoms with Gasteiger partial charge in [-0.15, -0.1) is 0 Å². The van der Waals surface area contributed by atoms with E-state index in [2.05, 4.69) is 5.32 Å². The molecule has 0 spiro atoms. The number of anilines is 1. The Labute approximate surface area is 246 Å². The van der Waals surface area contributed by atoms with E-state index in [4.69, 9.17) is 14.9 Å². The van der Waals surface area contributed by atoms with Gasteiger partial charge in [0.25, 0.3) is 5.91 Å². The largest absolute Gasteiger partial charge is 0.465 e. The van der Waals surface area contributed by atoms with Crippen LogP contribution in [0.3, 0.4) is 0 Å². The Hall–Kier alpha value is -4.20. The molecule has 4 saturated carbocycles. The number of aromatic nitrogens is 4. The summed E-state index contributed by atoms with van der Waals surface area (Å²) in [7, 11) is 1.38. The topological polar surface area (TPSA) is 91.0 Å². The molecule has 4 aliphatic rings. The zero-order chi connectivity index (χ0) is 29.0. The molecule has 8 heteroatoms. The molecule has 216 valence electrons. The normalized spacial score (nSPS) is 24.1. The van der Waals surface area contributed by atoms with E-state index in [-0.39, 0.29) is 17.3 Å². The molecule has 0 saturated heterocycles. The van der Waals surface area contributed by atoms with E-state index >= 15 is 0 Å². The molecule has 1 N–H and O–H groups in total. The van der Waals surface area contributed by atoms with Gasteiger partial charge in [-0.1, -0.05) is 36.4 Å². The number of aryl methyl sites for hydroxylation is 1. The summed E-state index contributed by atoms with van der Waals surface area (Å²) in [6.07, 6.45) is 9.28. The van der Waals surface area contributed by atoms with Gasteiger partial charge < -0.3 is 10.1 Å². The van der Waals surface area contributed by atoms with Crippen LogP contribution in [0.1, 0.15) is 81.9 Å². The Balaban J connectivity index is 1.23. The molecule has 0 radical (unpaired) electrons. The maximum atomic E-state index is 14.2. The van der Waals surface area contributed by atoms with Gasteiger partial charge >= 0.3 is 5.97 Å². The average molecular weight is 564 g/mol. The first-order chi connectivity index (χ1) is 20.3. The Morgan fingerprint density at radius 2 is 1.55 bits per heavy atom. The van der Waals surface area contributed by atoms with Crippen molar-refractivity contribution < 1.29 is 14.3 Å². The number of ether oxygens (including phenoxy) is 1. The highest BCUT2D eigenvalue weighted by Crippen LogP contribution is 2.61. The van der Waals surface area contributed by atoms with Crippen LogP contribution in [0.5, 0.6) is 0 Å². The van der Waals surface area contributed by atoms with Gasteiger partial charge in [-0.3, -0.25) is 9.48 Å². The summed E-state index contributed by atoms with van der Waals surface area (Å²) in [5, 5.41) is 13.1. The maximum absolute atomic E-state index is 14.2. The van der Waals surface area contributed by atoms with Crippen molar-refractivity contribution in [1.29, 1.82) is 0 Å². The number of carbonyl (C=O) groups is 2. The van der Waals surface area contributed by atoms with E-state index in [9.17, 15) is 9.59 Å². The molecule has 8 nitrogen and oxygen atoms in total. The minimum absolute atomic E-state index is 0.0344. The highest BCUT2D eigenvalue weighted by atomic mass is 16.5. The Bertz CT molecular complexity index is 1630. The number of nitrogens with one attached hydrogen (secondary N) is 1. The fourth-order valence-electron chi connectivity index (χ4n) is 8.39. The molecular weight excluding hydrogens is 526 g/mol. The third-order valence-corrected chi connectivity index (χ3v) is 9.88. The van der Waals surface area contributed by atoms with Gasteiger partial charge in [0.1, 0.15) is 0 Å². The van der Waals surface area contributed by atoms with E-state index in [1.54, 1.807) is 6.07 Å². The molecule has 2 heterocycles. The summed E-state index contributed by atoms with van der Waals surface area (Å²) < 4.78 is 8.69. The van der Waals surface area contributed by atoms with Crippen LogP contribution in [-0.4, -0.2) is 38.5 Å². The van der Waals surface area contributed by atoms with E-state index in [0.29, 0.717) is 23.4 Å². The lowest BCUT2D eigenvalue weighted by Crippen LogP contribution is -2.49. The second-order valence-corrected chi connectivity index (χ2v) is 12.7. The van der Waals surface area contributed by atoms with E-state index in [1.165, 1.54) is 26.4 Å². The van der Waals surface area contributed by atoms with Gasteiger partial charge in [0, 0.05) is 11.6 Å². The fourth-order valence-corrected chi connectivity index (χ4v) is 8.39. The molecule has 0 aliphatic heterocycles. The molecule has 0 unspecified atom stereocenters. The van der Waals surface area contributed by atoms with Gasteiger partial charge in [0.05, 0.1) is 53.2 Å². The first-order valence-corrected chi connectivity index (χ1v) is 15.0. The predicted octanol–water partition coefficient (Wildman–Crippen LogP) is 6.24. The first-order valence-electron chi connectivity index (χ1n) is 15.0. The average Bonchev–Trinajstić information content (AvgIpc) is 3.55. The summed E-state index contributed by atoms with van der Waals surface area (Å²) in [5.74, 6) is 1.69. The Morgan fingerprint density at radius 3 is 2.21 bits per heavy atom. The Morgan fingerprint density at radius 1 is 0.905 bits per heavy atom. The molecule has 4 fully saturated rings. The predicted molar refractivity (Wildman–Crippen MR) is 160 cm³/mol. The number of methoxy groups -OCH3 is 1. The Kier molecular flexibility index (Phi) is 6.52. The van der Waals surface area contributed by atoms with Crippen LogP contribution in [-0.2, 0) is 16.7 Å². The molecule has 4 bridgehead atoms. The molecule has 1 amide bonds. The molecule has 8 rings (SSSR count). The number of para-hydroxylation sites is 1. The zero-order valence-corrected chi connectivity index (χ0v) is 24.5. The van der Waals surface area contributed by atoms with Crippen molar-refractivity contribution in [2.45, 2.75) is 64.3 Å². The summed E-state index contributed by atoms with van der Waals surface area (Å²) in [5.41, 5.74) is 6.09. The number of carbonyl (C=O) groups excluding carboxylic acids is 2. The lowest BCUT2D eigenvalue weighted by molar-refractivity contribution is -0.00765. The lowest BCUT2D eigenvalue weighted by atomic mass is 9.48. The van der Waals surface area contributed by atoms with Crippen molar-refractivity contribution >= 4 is 17.6 Å². The molecule has 2 aromatic carbocycles. The third kappa shape index (κ3) is 4.53. The number of rotatable bonds is 7. The number of nitrogens with zero attached hydrogens (tertiary/aromatic N) is 4. The van der Waals surface area contributed by atoms with Crippen LogP contribution in [0.4, 0.5) is 5.69 Å². The fraction of sp³-hybridized carbons (Fsp3) is 0.412. The van der Waals surface area contributed by atoms with Crippen LogP contribution >= 0.6 is 0 Å². The standard InChI is InChI=1S/C34H37N5O3/c1-21-30(22(2)38(36-21)19-26-9-7-8-12-28(26)33(41)42-3)35-32(40)29-20-39(27-10-5-4-6-11-27)37-31(29)34-16-23-13-24(17-34)15-25(14-23)18-34/h4-12,20,23-25H,13-19H2,1-3H3,(H,35,40). The number of esters is 1. The van der Waals surface area contributed by atoms with Crippen LogP contribution in [0.25, 0.3) is 5.69 Å². The SMILES string of the molecule is COC(=O)c1ccccc1Cn1nc(C)c(NC(=O)c2cn(-c3ccccc3)nc2C23CC4CC(CC(C4)C2)C3)c1C. The number of amides is 1. The van der Waals surface area contributed by atoms with Gasteiger partial charge in [-0.05, 0) is 93.9 Å². The smallest absolute Gasteiger partial charge is 0.338 e. The van der Waals surface area contributed by atoms with Gasteiger partial charge in [-0.25, -0.2) is 9.48 Å². The van der Waals surface area contributed by atoms with Crippen molar-refractivity contribution in [1.82, 2.24) is 19.6 Å². The second kappa shape index (κ2) is 10.3. The zero-order valence-electron chi connectivity index (χ0n) is 24.5. The lowest BCUT2D eigenvalue weighted by Gasteiger charge is -2.56. The molecular formula is C34H37N5O3. The monoisotopic (exact) mass is 563 g/mol. The molecule has 42 heavy (non-hydrogen) atoms. The number of hydrogen-bond acceptors (Lipinski definition) is 5. The molecule has 2 aromatic heterocycles. The van der Waals surface area contributed by atoms with E-state index in [0.717, 1.165) is 65.3 Å². The van der Waals surface area contributed by atoms with E-state index < -0.39 is 0 Å². The van der Waals surface area contributed by atoms with Crippen LogP contribution in [0, 0.1) is 31.6 Å². The minimum atomic E-state index is -0.381. The van der Waals surface area contributed by atoms with Crippen molar-refractivity contribution in [2.75, 3.05) is 12.4 Å². The molecule has 4 aromatic rings. The van der Waals surface area contributed by atoms with Crippen molar-refractivity contribution in [2.24, 2.45) is 17.8 Å². The number of benzene rings is 2. The summed E-state index contributed by atoms with van der Waals surface area (Å²) >= 11 is 0. The van der Waals surface area contributed by atoms with Crippen molar-refractivity contribution in [3.63, 3.8) is 0 Å². The molecule has 4 aliphatic carbocycles. The third-order valence-electron chi connectivity index (χ3n) is 9.88.